The number of fused-ring (bicyclic) bond motifs is 1. The summed E-state index contributed by atoms with van der Waals surface area (Å²) in [5.74, 6) is 0.851. The van der Waals surface area contributed by atoms with Crippen LogP contribution in [-0.4, -0.2) is 37.1 Å². The minimum absolute atomic E-state index is 0.0568. The summed E-state index contributed by atoms with van der Waals surface area (Å²) in [5.41, 5.74) is 0.902. The van der Waals surface area contributed by atoms with E-state index in [9.17, 15) is 9.18 Å². The first-order valence-electron chi connectivity index (χ1n) is 8.80. The van der Waals surface area contributed by atoms with Crippen LogP contribution in [0.25, 0.3) is 0 Å². The van der Waals surface area contributed by atoms with Gasteiger partial charge in [-0.05, 0) is 38.3 Å². The van der Waals surface area contributed by atoms with Crippen LogP contribution in [0.1, 0.15) is 43.9 Å². The number of allylic oxidation sites excluding steroid dienone is 1. The van der Waals surface area contributed by atoms with E-state index in [-0.39, 0.29) is 24.4 Å². The highest BCUT2D eigenvalue weighted by Gasteiger charge is 2.33. The van der Waals surface area contributed by atoms with E-state index in [1.807, 2.05) is 22.5 Å². The van der Waals surface area contributed by atoms with E-state index >= 15 is 0 Å². The quantitative estimate of drug-likeness (QED) is 0.840. The smallest absolute Gasteiger partial charge is 0.250 e. The van der Waals surface area contributed by atoms with Crippen molar-refractivity contribution in [2.24, 2.45) is 0 Å². The van der Waals surface area contributed by atoms with E-state index in [2.05, 4.69) is 15.2 Å². The molecule has 0 N–H and O–H groups in total. The minimum atomic E-state index is -0.513. The molecule has 1 aliphatic heterocycles. The predicted octanol–water partition coefficient (Wildman–Crippen LogP) is 2.40. The van der Waals surface area contributed by atoms with Gasteiger partial charge in [0.25, 0.3) is 5.88 Å². The normalized spacial score (nSPS) is 19.2. The lowest BCUT2D eigenvalue weighted by molar-refractivity contribution is -0.130. The van der Waals surface area contributed by atoms with Crippen molar-refractivity contribution in [3.8, 4) is 5.88 Å². The summed E-state index contributed by atoms with van der Waals surface area (Å²) in [6.07, 6.45) is 6.38. The summed E-state index contributed by atoms with van der Waals surface area (Å²) >= 11 is 0. The van der Waals surface area contributed by atoms with E-state index in [0.29, 0.717) is 18.9 Å². The summed E-state index contributed by atoms with van der Waals surface area (Å²) in [5, 5.41) is 8.41. The van der Waals surface area contributed by atoms with E-state index in [1.54, 1.807) is 0 Å². The summed E-state index contributed by atoms with van der Waals surface area (Å²) in [6, 6.07) is 2.64. The predicted molar refractivity (Wildman–Crippen MR) is 90.6 cm³/mol. The van der Waals surface area contributed by atoms with Gasteiger partial charge in [-0.1, -0.05) is 6.08 Å². The van der Waals surface area contributed by atoms with Crippen LogP contribution in [0.15, 0.2) is 30.0 Å². The maximum atomic E-state index is 13.6. The van der Waals surface area contributed by atoms with Crippen LogP contribution >= 0.6 is 0 Å². The molecule has 0 aromatic carbocycles. The molecule has 0 spiro atoms. The second kappa shape index (κ2) is 6.86. The van der Waals surface area contributed by atoms with Gasteiger partial charge >= 0.3 is 0 Å². The number of aromatic nitrogens is 4. The molecule has 2 aromatic heterocycles. The summed E-state index contributed by atoms with van der Waals surface area (Å²) in [7, 11) is 0. The number of amides is 1. The Bertz CT molecular complexity index is 863. The third-order valence-corrected chi connectivity index (χ3v) is 4.90. The van der Waals surface area contributed by atoms with Gasteiger partial charge in [-0.3, -0.25) is 4.79 Å². The SMILES string of the molecule is CC1c2nnc(COc3ncccc3F)n2CCN1C(=O)C1=CCCC1. The summed E-state index contributed by atoms with van der Waals surface area (Å²) in [4.78, 5) is 18.4. The highest BCUT2D eigenvalue weighted by atomic mass is 19.1. The van der Waals surface area contributed by atoms with Gasteiger partial charge in [0.15, 0.2) is 17.5 Å². The van der Waals surface area contributed by atoms with E-state index in [1.165, 1.54) is 18.3 Å². The molecular formula is C18H20FN5O2. The van der Waals surface area contributed by atoms with Crippen molar-refractivity contribution in [1.82, 2.24) is 24.6 Å². The molecule has 4 rings (SSSR count). The van der Waals surface area contributed by atoms with Crippen molar-refractivity contribution < 1.29 is 13.9 Å². The van der Waals surface area contributed by atoms with Gasteiger partial charge in [0.2, 0.25) is 5.91 Å². The van der Waals surface area contributed by atoms with Gasteiger partial charge in [-0.25, -0.2) is 9.37 Å². The topological polar surface area (TPSA) is 73.1 Å². The Morgan fingerprint density at radius 3 is 3.04 bits per heavy atom. The number of carbonyl (C=O) groups is 1. The van der Waals surface area contributed by atoms with E-state index < -0.39 is 5.82 Å². The van der Waals surface area contributed by atoms with Gasteiger partial charge < -0.3 is 14.2 Å². The van der Waals surface area contributed by atoms with Crippen molar-refractivity contribution in [2.45, 2.75) is 45.4 Å². The number of carbonyl (C=O) groups excluding carboxylic acids is 1. The zero-order valence-corrected chi connectivity index (χ0v) is 14.6. The molecule has 0 radical (unpaired) electrons. The van der Waals surface area contributed by atoms with Crippen LogP contribution in [0, 0.1) is 5.82 Å². The maximum absolute atomic E-state index is 13.6. The highest BCUT2D eigenvalue weighted by molar-refractivity contribution is 5.94. The molecule has 1 atom stereocenters. The Morgan fingerprint density at radius 1 is 1.38 bits per heavy atom. The Hall–Kier alpha value is -2.77. The average molecular weight is 357 g/mol. The maximum Gasteiger partial charge on any atom is 0.250 e. The number of nitrogens with zero attached hydrogens (tertiary/aromatic N) is 5. The number of hydrogen-bond acceptors (Lipinski definition) is 5. The number of rotatable bonds is 4. The van der Waals surface area contributed by atoms with Crippen molar-refractivity contribution in [3.05, 3.63) is 47.4 Å². The van der Waals surface area contributed by atoms with Crippen LogP contribution in [-0.2, 0) is 17.9 Å². The molecule has 8 heteroatoms. The number of hydrogen-bond donors (Lipinski definition) is 0. The zero-order chi connectivity index (χ0) is 18.1. The fraction of sp³-hybridized carbons (Fsp3) is 0.444. The lowest BCUT2D eigenvalue weighted by Gasteiger charge is -2.34. The molecule has 2 aromatic rings. The van der Waals surface area contributed by atoms with Gasteiger partial charge in [0, 0.05) is 24.9 Å². The van der Waals surface area contributed by atoms with Crippen molar-refractivity contribution in [3.63, 3.8) is 0 Å². The molecule has 26 heavy (non-hydrogen) atoms. The first-order chi connectivity index (χ1) is 12.6. The molecule has 3 heterocycles. The second-order valence-corrected chi connectivity index (χ2v) is 6.50. The summed E-state index contributed by atoms with van der Waals surface area (Å²) < 4.78 is 21.0. The zero-order valence-electron chi connectivity index (χ0n) is 14.6. The van der Waals surface area contributed by atoms with Crippen LogP contribution < -0.4 is 4.74 Å². The Kier molecular flexibility index (Phi) is 4.40. The monoisotopic (exact) mass is 357 g/mol. The Morgan fingerprint density at radius 2 is 2.27 bits per heavy atom. The Balaban J connectivity index is 1.49. The number of ether oxygens (including phenoxy) is 1. The van der Waals surface area contributed by atoms with Gasteiger partial charge in [0.05, 0.1) is 6.04 Å². The van der Waals surface area contributed by atoms with Crippen LogP contribution in [0.3, 0.4) is 0 Å². The molecule has 0 fully saturated rings. The number of pyridine rings is 1. The van der Waals surface area contributed by atoms with Crippen LogP contribution in [0.4, 0.5) is 4.39 Å². The minimum Gasteiger partial charge on any atom is -0.467 e. The average Bonchev–Trinajstić information content (AvgIpc) is 3.31. The van der Waals surface area contributed by atoms with Crippen molar-refractivity contribution in [1.29, 1.82) is 0 Å². The van der Waals surface area contributed by atoms with Gasteiger partial charge in [-0.2, -0.15) is 0 Å². The molecule has 1 unspecified atom stereocenters. The van der Waals surface area contributed by atoms with Gasteiger partial charge in [0.1, 0.15) is 6.61 Å². The van der Waals surface area contributed by atoms with Crippen molar-refractivity contribution in [2.75, 3.05) is 6.54 Å². The molecule has 0 saturated heterocycles. The standard InChI is InChI=1S/C18H20FN5O2/c1-12-16-22-21-15(11-26-17-14(19)7-4-8-20-17)24(16)10-9-23(12)18(25)13-5-2-3-6-13/h4-5,7-8,12H,2-3,6,9-11H2,1H3. The molecule has 2 aliphatic rings. The molecule has 1 aliphatic carbocycles. The van der Waals surface area contributed by atoms with E-state index in [4.69, 9.17) is 4.74 Å². The first kappa shape index (κ1) is 16.7. The molecule has 0 bridgehead atoms. The Labute approximate surface area is 150 Å². The molecule has 7 nitrogen and oxygen atoms in total. The highest BCUT2D eigenvalue weighted by Crippen LogP contribution is 2.29. The molecule has 0 saturated carbocycles. The fourth-order valence-corrected chi connectivity index (χ4v) is 3.49. The lowest BCUT2D eigenvalue weighted by Crippen LogP contribution is -2.42. The first-order valence-corrected chi connectivity index (χ1v) is 8.80. The molecule has 1 amide bonds. The largest absolute Gasteiger partial charge is 0.467 e. The van der Waals surface area contributed by atoms with Crippen LogP contribution in [0.5, 0.6) is 5.88 Å². The summed E-state index contributed by atoms with van der Waals surface area (Å²) in [6.45, 7) is 3.21. The van der Waals surface area contributed by atoms with E-state index in [0.717, 1.165) is 30.7 Å². The third-order valence-electron chi connectivity index (χ3n) is 4.90. The third kappa shape index (κ3) is 2.95. The van der Waals surface area contributed by atoms with Crippen LogP contribution in [0.2, 0.25) is 0 Å². The lowest BCUT2D eigenvalue weighted by atomic mass is 10.1. The van der Waals surface area contributed by atoms with Gasteiger partial charge in [-0.15, -0.1) is 10.2 Å². The van der Waals surface area contributed by atoms with Crippen molar-refractivity contribution >= 4 is 5.91 Å². The molecular weight excluding hydrogens is 337 g/mol. The molecule has 136 valence electrons. The second-order valence-electron chi connectivity index (χ2n) is 6.50. The fourth-order valence-electron chi connectivity index (χ4n) is 3.49. The number of halogens is 1.